The predicted molar refractivity (Wildman–Crippen MR) is 103 cm³/mol. The Morgan fingerprint density at radius 2 is 1.21 bits per heavy atom. The summed E-state index contributed by atoms with van der Waals surface area (Å²) in [5, 5.41) is 0. The zero-order chi connectivity index (χ0) is 17.5. The summed E-state index contributed by atoms with van der Waals surface area (Å²) < 4.78 is 5.72. The number of ether oxygens (including phenoxy) is 1. The van der Waals surface area contributed by atoms with E-state index in [4.69, 9.17) is 4.74 Å². The lowest BCUT2D eigenvalue weighted by molar-refractivity contribution is 0.291. The molecule has 0 unspecified atom stereocenters. The Morgan fingerprint density at radius 3 is 1.71 bits per heavy atom. The number of hydrogen-bond donors (Lipinski definition) is 0. The standard InChI is InChI=1S/C21H38N2O/c1-4-5-6-7-8-9-10-11-12-13-14-15-16-17-24-21-18-19(2)22-20(3)23-21/h18H,4-17H2,1-3H3. The average Bonchev–Trinajstić information content (AvgIpc) is 2.54. The minimum absolute atomic E-state index is 0.721. The van der Waals surface area contributed by atoms with Crippen molar-refractivity contribution in [1.82, 2.24) is 9.97 Å². The summed E-state index contributed by atoms with van der Waals surface area (Å²) in [7, 11) is 0. The molecule has 1 heterocycles. The quantitative estimate of drug-likeness (QED) is 0.340. The van der Waals surface area contributed by atoms with Gasteiger partial charge in [0.1, 0.15) is 5.82 Å². The van der Waals surface area contributed by atoms with Gasteiger partial charge in [-0.25, -0.2) is 4.98 Å². The molecule has 0 aliphatic carbocycles. The molecule has 1 aromatic rings. The van der Waals surface area contributed by atoms with Crippen molar-refractivity contribution < 1.29 is 4.74 Å². The van der Waals surface area contributed by atoms with Crippen molar-refractivity contribution in [3.05, 3.63) is 17.6 Å². The van der Waals surface area contributed by atoms with Crippen LogP contribution in [0.4, 0.5) is 0 Å². The van der Waals surface area contributed by atoms with E-state index >= 15 is 0 Å². The fraction of sp³-hybridized carbons (Fsp3) is 0.810. The minimum Gasteiger partial charge on any atom is -0.478 e. The predicted octanol–water partition coefficient (Wildman–Crippen LogP) is 6.56. The van der Waals surface area contributed by atoms with E-state index in [9.17, 15) is 0 Å². The Kier molecular flexibility index (Phi) is 12.4. The van der Waals surface area contributed by atoms with E-state index in [1.54, 1.807) is 0 Å². The van der Waals surface area contributed by atoms with E-state index in [0.717, 1.165) is 30.4 Å². The zero-order valence-electron chi connectivity index (χ0n) is 16.3. The molecule has 1 rings (SSSR count). The van der Waals surface area contributed by atoms with Gasteiger partial charge in [-0.2, -0.15) is 4.98 Å². The SMILES string of the molecule is CCCCCCCCCCCCCCCOc1cc(C)nc(C)n1. The molecule has 0 aliphatic rings. The lowest BCUT2D eigenvalue weighted by atomic mass is 10.0. The van der Waals surface area contributed by atoms with E-state index in [0.29, 0.717) is 0 Å². The van der Waals surface area contributed by atoms with Gasteiger partial charge in [0.2, 0.25) is 5.88 Å². The molecule has 3 heteroatoms. The Hall–Kier alpha value is -1.12. The molecule has 0 amide bonds. The molecule has 0 spiro atoms. The van der Waals surface area contributed by atoms with E-state index in [1.807, 2.05) is 19.9 Å². The van der Waals surface area contributed by atoms with Gasteiger partial charge in [-0.05, 0) is 20.3 Å². The first-order chi connectivity index (χ1) is 11.7. The lowest BCUT2D eigenvalue weighted by Gasteiger charge is -2.06. The largest absolute Gasteiger partial charge is 0.478 e. The zero-order valence-corrected chi connectivity index (χ0v) is 16.3. The van der Waals surface area contributed by atoms with Crippen LogP contribution in [0.15, 0.2) is 6.07 Å². The highest BCUT2D eigenvalue weighted by Crippen LogP contribution is 2.13. The summed E-state index contributed by atoms with van der Waals surface area (Å²) in [4.78, 5) is 8.56. The summed E-state index contributed by atoms with van der Waals surface area (Å²) in [6.45, 7) is 6.94. The molecule has 0 radical (unpaired) electrons. The Bertz CT molecular complexity index is 400. The van der Waals surface area contributed by atoms with Gasteiger partial charge in [0.05, 0.1) is 6.61 Å². The molecule has 138 valence electrons. The number of unbranched alkanes of at least 4 members (excludes halogenated alkanes) is 12. The number of aryl methyl sites for hydroxylation is 2. The van der Waals surface area contributed by atoms with E-state index in [1.165, 1.54) is 77.0 Å². The first-order valence-electron chi connectivity index (χ1n) is 10.2. The highest BCUT2D eigenvalue weighted by atomic mass is 16.5. The van der Waals surface area contributed by atoms with Crippen molar-refractivity contribution in [2.45, 2.75) is 104 Å². The fourth-order valence-electron chi connectivity index (χ4n) is 3.05. The molecular formula is C21H38N2O. The minimum atomic E-state index is 0.721. The average molecular weight is 335 g/mol. The van der Waals surface area contributed by atoms with Gasteiger partial charge in [-0.3, -0.25) is 0 Å². The van der Waals surface area contributed by atoms with Crippen LogP contribution in [0.3, 0.4) is 0 Å². The van der Waals surface area contributed by atoms with Crippen LogP contribution < -0.4 is 4.74 Å². The van der Waals surface area contributed by atoms with Gasteiger partial charge < -0.3 is 4.74 Å². The highest BCUT2D eigenvalue weighted by molar-refractivity contribution is 5.14. The van der Waals surface area contributed by atoms with Crippen molar-refractivity contribution in [3.8, 4) is 5.88 Å². The molecule has 0 N–H and O–H groups in total. The summed E-state index contributed by atoms with van der Waals surface area (Å²) >= 11 is 0. The number of hydrogen-bond acceptors (Lipinski definition) is 3. The third-order valence-electron chi connectivity index (χ3n) is 4.44. The summed E-state index contributed by atoms with van der Waals surface area (Å²) in [6, 6.07) is 1.91. The first kappa shape index (κ1) is 20.9. The number of rotatable bonds is 15. The third kappa shape index (κ3) is 11.4. The van der Waals surface area contributed by atoms with Gasteiger partial charge in [0, 0.05) is 11.8 Å². The molecule has 0 aliphatic heterocycles. The molecule has 24 heavy (non-hydrogen) atoms. The molecule has 0 fully saturated rings. The van der Waals surface area contributed by atoms with Crippen LogP contribution in [0, 0.1) is 13.8 Å². The van der Waals surface area contributed by atoms with Gasteiger partial charge in [-0.15, -0.1) is 0 Å². The van der Waals surface area contributed by atoms with Crippen LogP contribution in [-0.2, 0) is 0 Å². The summed E-state index contributed by atoms with van der Waals surface area (Å²) in [5.74, 6) is 1.51. The second-order valence-corrected chi connectivity index (χ2v) is 6.99. The molecular weight excluding hydrogens is 296 g/mol. The molecule has 1 aromatic heterocycles. The van der Waals surface area contributed by atoms with Crippen LogP contribution in [-0.4, -0.2) is 16.6 Å². The maximum atomic E-state index is 5.72. The van der Waals surface area contributed by atoms with Crippen LogP contribution in [0.5, 0.6) is 5.88 Å². The smallest absolute Gasteiger partial charge is 0.216 e. The van der Waals surface area contributed by atoms with Gasteiger partial charge in [0.15, 0.2) is 0 Å². The van der Waals surface area contributed by atoms with Crippen molar-refractivity contribution in [3.63, 3.8) is 0 Å². The summed E-state index contributed by atoms with van der Waals surface area (Å²) in [5.41, 5.74) is 0.975. The second kappa shape index (κ2) is 14.2. The molecule has 3 nitrogen and oxygen atoms in total. The third-order valence-corrected chi connectivity index (χ3v) is 4.44. The lowest BCUT2D eigenvalue weighted by Crippen LogP contribution is -2.01. The van der Waals surface area contributed by atoms with Crippen molar-refractivity contribution in [1.29, 1.82) is 0 Å². The Labute approximate surface area is 149 Å². The molecule has 0 saturated heterocycles. The fourth-order valence-corrected chi connectivity index (χ4v) is 3.05. The number of aromatic nitrogens is 2. The summed E-state index contributed by atoms with van der Waals surface area (Å²) in [6.07, 6.45) is 17.9. The van der Waals surface area contributed by atoms with Crippen LogP contribution in [0.2, 0.25) is 0 Å². The second-order valence-electron chi connectivity index (χ2n) is 6.99. The molecule has 0 saturated carbocycles. The Balaban J connectivity index is 1.84. The van der Waals surface area contributed by atoms with E-state index in [-0.39, 0.29) is 0 Å². The maximum Gasteiger partial charge on any atom is 0.216 e. The number of nitrogens with zero attached hydrogens (tertiary/aromatic N) is 2. The maximum absolute atomic E-state index is 5.72. The van der Waals surface area contributed by atoms with E-state index in [2.05, 4.69) is 16.9 Å². The van der Waals surface area contributed by atoms with Gasteiger partial charge in [-0.1, -0.05) is 84.0 Å². The van der Waals surface area contributed by atoms with Crippen molar-refractivity contribution in [2.24, 2.45) is 0 Å². The van der Waals surface area contributed by atoms with Crippen LogP contribution in [0.25, 0.3) is 0 Å². The Morgan fingerprint density at radius 1 is 0.708 bits per heavy atom. The van der Waals surface area contributed by atoms with Crippen molar-refractivity contribution in [2.75, 3.05) is 6.61 Å². The van der Waals surface area contributed by atoms with Crippen molar-refractivity contribution >= 4 is 0 Å². The molecule has 0 aromatic carbocycles. The van der Waals surface area contributed by atoms with Crippen LogP contribution >= 0.6 is 0 Å². The van der Waals surface area contributed by atoms with E-state index < -0.39 is 0 Å². The van der Waals surface area contributed by atoms with Crippen LogP contribution in [0.1, 0.15) is 102 Å². The normalized spacial score (nSPS) is 11.0. The highest BCUT2D eigenvalue weighted by Gasteiger charge is 1.99. The first-order valence-corrected chi connectivity index (χ1v) is 10.2. The topological polar surface area (TPSA) is 35.0 Å². The molecule has 0 atom stereocenters. The van der Waals surface area contributed by atoms with Gasteiger partial charge >= 0.3 is 0 Å². The molecule has 0 bridgehead atoms. The van der Waals surface area contributed by atoms with Gasteiger partial charge in [0.25, 0.3) is 0 Å². The monoisotopic (exact) mass is 334 g/mol.